The van der Waals surface area contributed by atoms with Crippen molar-refractivity contribution >= 4 is 0 Å². The first kappa shape index (κ1) is 8.47. The van der Waals surface area contributed by atoms with Gasteiger partial charge in [0.2, 0.25) is 0 Å². The van der Waals surface area contributed by atoms with Gasteiger partial charge >= 0.3 is 0 Å². The summed E-state index contributed by atoms with van der Waals surface area (Å²) in [5, 5.41) is 16.7. The van der Waals surface area contributed by atoms with Crippen molar-refractivity contribution in [3.05, 3.63) is 30.1 Å². The number of hydrogen-bond donors (Lipinski definition) is 2. The van der Waals surface area contributed by atoms with E-state index in [2.05, 4.69) is 15.2 Å². The van der Waals surface area contributed by atoms with E-state index in [0.717, 1.165) is 5.82 Å². The number of aromatic nitrogens is 3. The van der Waals surface area contributed by atoms with Crippen molar-refractivity contribution in [1.29, 1.82) is 0 Å². The van der Waals surface area contributed by atoms with Crippen LogP contribution in [0.4, 0.5) is 0 Å². The first-order chi connectivity index (χ1) is 7.34. The summed E-state index contributed by atoms with van der Waals surface area (Å²) in [7, 11) is 0. The lowest BCUT2D eigenvalue weighted by molar-refractivity contribution is 0.477. The predicted molar refractivity (Wildman–Crippen MR) is 55.5 cm³/mol. The zero-order valence-corrected chi connectivity index (χ0v) is 8.14. The summed E-state index contributed by atoms with van der Waals surface area (Å²) in [6, 6.07) is 7.10. The molecule has 2 aromatic rings. The Bertz CT molecular complexity index is 488. The fourth-order valence-corrected chi connectivity index (χ4v) is 1.60. The van der Waals surface area contributed by atoms with Crippen LogP contribution in [0.1, 0.15) is 24.6 Å². The van der Waals surface area contributed by atoms with Crippen LogP contribution in [-0.2, 0) is 0 Å². The van der Waals surface area contributed by atoms with E-state index < -0.39 is 0 Å². The van der Waals surface area contributed by atoms with Crippen molar-refractivity contribution < 1.29 is 5.11 Å². The molecule has 2 N–H and O–H groups in total. The second kappa shape index (κ2) is 3.08. The monoisotopic (exact) mass is 201 g/mol. The van der Waals surface area contributed by atoms with Gasteiger partial charge in [-0.05, 0) is 25.0 Å². The van der Waals surface area contributed by atoms with Crippen molar-refractivity contribution in [2.45, 2.75) is 18.8 Å². The van der Waals surface area contributed by atoms with Crippen LogP contribution in [0.25, 0.3) is 11.4 Å². The average molecular weight is 201 g/mol. The summed E-state index contributed by atoms with van der Waals surface area (Å²) in [6.07, 6.45) is 2.38. The first-order valence-electron chi connectivity index (χ1n) is 5.05. The average Bonchev–Trinajstić information content (AvgIpc) is 2.99. The minimum Gasteiger partial charge on any atom is -0.507 e. The van der Waals surface area contributed by atoms with E-state index in [9.17, 15) is 5.11 Å². The van der Waals surface area contributed by atoms with Gasteiger partial charge in [0.15, 0.2) is 5.82 Å². The molecule has 1 saturated carbocycles. The number of phenolic OH excluding ortho intramolecular Hbond substituents is 1. The molecule has 1 fully saturated rings. The minimum absolute atomic E-state index is 0.221. The molecule has 0 saturated heterocycles. The maximum absolute atomic E-state index is 9.63. The zero-order valence-electron chi connectivity index (χ0n) is 8.14. The zero-order chi connectivity index (χ0) is 10.3. The molecule has 3 rings (SSSR count). The third-order valence-electron chi connectivity index (χ3n) is 2.61. The van der Waals surface area contributed by atoms with Crippen LogP contribution >= 0.6 is 0 Å². The summed E-state index contributed by atoms with van der Waals surface area (Å²) in [5.41, 5.74) is 0.681. The Morgan fingerprint density at radius 1 is 1.27 bits per heavy atom. The number of nitrogens with zero attached hydrogens (tertiary/aromatic N) is 2. The number of benzene rings is 1. The lowest BCUT2D eigenvalue weighted by atomic mass is 10.2. The topological polar surface area (TPSA) is 61.8 Å². The van der Waals surface area contributed by atoms with Gasteiger partial charge in [0, 0.05) is 5.92 Å². The van der Waals surface area contributed by atoms with Crippen LogP contribution < -0.4 is 0 Å². The highest BCUT2D eigenvalue weighted by molar-refractivity contribution is 5.63. The van der Waals surface area contributed by atoms with Crippen molar-refractivity contribution in [2.24, 2.45) is 0 Å². The Kier molecular flexibility index (Phi) is 1.74. The van der Waals surface area contributed by atoms with E-state index in [1.54, 1.807) is 12.1 Å². The van der Waals surface area contributed by atoms with E-state index in [0.29, 0.717) is 17.3 Å². The number of para-hydroxylation sites is 1. The second-order valence-corrected chi connectivity index (χ2v) is 3.84. The SMILES string of the molecule is Oc1ccccc1-c1n[nH]c(C2CC2)n1. The van der Waals surface area contributed by atoms with Gasteiger partial charge in [-0.15, -0.1) is 0 Å². The van der Waals surface area contributed by atoms with Gasteiger partial charge in [-0.2, -0.15) is 5.10 Å². The number of hydrogen-bond acceptors (Lipinski definition) is 3. The fraction of sp³-hybridized carbons (Fsp3) is 0.273. The number of nitrogens with one attached hydrogen (secondary N) is 1. The number of phenols is 1. The molecule has 76 valence electrons. The van der Waals surface area contributed by atoms with E-state index >= 15 is 0 Å². The van der Waals surface area contributed by atoms with Crippen molar-refractivity contribution in [3.8, 4) is 17.1 Å². The number of H-pyrrole nitrogens is 1. The van der Waals surface area contributed by atoms with Gasteiger partial charge in [-0.1, -0.05) is 12.1 Å². The Morgan fingerprint density at radius 3 is 2.80 bits per heavy atom. The summed E-state index contributed by atoms with van der Waals surface area (Å²) in [4.78, 5) is 4.38. The van der Waals surface area contributed by atoms with Crippen molar-refractivity contribution in [3.63, 3.8) is 0 Å². The lowest BCUT2D eigenvalue weighted by Crippen LogP contribution is -1.82. The van der Waals surface area contributed by atoms with Gasteiger partial charge < -0.3 is 5.11 Å². The van der Waals surface area contributed by atoms with Crippen LogP contribution in [-0.4, -0.2) is 20.3 Å². The second-order valence-electron chi connectivity index (χ2n) is 3.84. The van der Waals surface area contributed by atoms with Gasteiger partial charge in [-0.3, -0.25) is 5.10 Å². The van der Waals surface area contributed by atoms with E-state index in [-0.39, 0.29) is 5.75 Å². The Balaban J connectivity index is 2.01. The molecule has 15 heavy (non-hydrogen) atoms. The van der Waals surface area contributed by atoms with Gasteiger partial charge in [0.25, 0.3) is 0 Å². The van der Waals surface area contributed by atoms with Crippen LogP contribution in [0, 0.1) is 0 Å². The van der Waals surface area contributed by atoms with Gasteiger partial charge in [0.1, 0.15) is 11.6 Å². The number of rotatable bonds is 2. The van der Waals surface area contributed by atoms with E-state index in [1.165, 1.54) is 12.8 Å². The molecule has 1 aromatic carbocycles. The highest BCUT2D eigenvalue weighted by Crippen LogP contribution is 2.38. The normalized spacial score (nSPS) is 15.5. The Labute approximate surface area is 87.0 Å². The Morgan fingerprint density at radius 2 is 2.07 bits per heavy atom. The molecule has 4 heteroatoms. The molecular formula is C11H11N3O. The van der Waals surface area contributed by atoms with Gasteiger partial charge in [0.05, 0.1) is 5.56 Å². The molecule has 0 atom stereocenters. The first-order valence-corrected chi connectivity index (χ1v) is 5.05. The standard InChI is InChI=1S/C11H11N3O/c15-9-4-2-1-3-8(9)11-12-10(13-14-11)7-5-6-7/h1-4,7,15H,5-6H2,(H,12,13,14). The van der Waals surface area contributed by atoms with E-state index in [1.807, 2.05) is 12.1 Å². The Hall–Kier alpha value is -1.84. The van der Waals surface area contributed by atoms with Crippen LogP contribution in [0.15, 0.2) is 24.3 Å². The molecule has 4 nitrogen and oxygen atoms in total. The van der Waals surface area contributed by atoms with Crippen LogP contribution in [0.5, 0.6) is 5.75 Å². The predicted octanol–water partition coefficient (Wildman–Crippen LogP) is 2.05. The minimum atomic E-state index is 0.221. The van der Waals surface area contributed by atoms with Crippen molar-refractivity contribution in [2.75, 3.05) is 0 Å². The highest BCUT2D eigenvalue weighted by atomic mass is 16.3. The molecule has 0 spiro atoms. The summed E-state index contributed by atoms with van der Waals surface area (Å²) < 4.78 is 0. The van der Waals surface area contributed by atoms with E-state index in [4.69, 9.17) is 0 Å². The third kappa shape index (κ3) is 1.48. The smallest absolute Gasteiger partial charge is 0.184 e. The number of aromatic amines is 1. The molecule has 0 amide bonds. The maximum atomic E-state index is 9.63. The summed E-state index contributed by atoms with van der Waals surface area (Å²) in [6.45, 7) is 0. The maximum Gasteiger partial charge on any atom is 0.184 e. The molecule has 1 heterocycles. The van der Waals surface area contributed by atoms with Crippen molar-refractivity contribution in [1.82, 2.24) is 15.2 Å². The highest BCUT2D eigenvalue weighted by Gasteiger charge is 2.27. The third-order valence-corrected chi connectivity index (χ3v) is 2.61. The van der Waals surface area contributed by atoms with Crippen LogP contribution in [0.2, 0.25) is 0 Å². The summed E-state index contributed by atoms with van der Waals surface area (Å²) in [5.74, 6) is 2.29. The lowest BCUT2D eigenvalue weighted by Gasteiger charge is -1.97. The molecule has 1 aliphatic rings. The fourth-order valence-electron chi connectivity index (χ4n) is 1.60. The molecule has 0 unspecified atom stereocenters. The molecule has 0 aliphatic heterocycles. The molecular weight excluding hydrogens is 190 g/mol. The van der Waals surface area contributed by atoms with Crippen LogP contribution in [0.3, 0.4) is 0 Å². The van der Waals surface area contributed by atoms with Gasteiger partial charge in [-0.25, -0.2) is 4.98 Å². The number of aromatic hydroxyl groups is 1. The molecule has 0 bridgehead atoms. The molecule has 1 aromatic heterocycles. The molecule has 0 radical (unpaired) electrons. The molecule has 1 aliphatic carbocycles. The quantitative estimate of drug-likeness (QED) is 0.781. The largest absolute Gasteiger partial charge is 0.507 e. The summed E-state index contributed by atoms with van der Waals surface area (Å²) >= 11 is 0.